The minimum Gasteiger partial charge on any atom is -0.494 e. The molecule has 0 aromatic heterocycles. The monoisotopic (exact) mass is 223 g/mol. The molecule has 0 fully saturated rings. The summed E-state index contributed by atoms with van der Waals surface area (Å²) in [7, 11) is 0. The van der Waals surface area contributed by atoms with E-state index >= 15 is 0 Å². The second-order valence-electron chi connectivity index (χ2n) is 3.67. The van der Waals surface area contributed by atoms with Crippen molar-refractivity contribution in [1.82, 2.24) is 0 Å². The highest BCUT2D eigenvalue weighted by atomic mass is 16.5. The zero-order valence-electron chi connectivity index (χ0n) is 10.1. The van der Waals surface area contributed by atoms with Crippen LogP contribution in [-0.4, -0.2) is 19.3 Å². The largest absolute Gasteiger partial charge is 0.494 e. The van der Waals surface area contributed by atoms with E-state index in [0.29, 0.717) is 13.2 Å². The molecule has 0 radical (unpaired) electrons. The van der Waals surface area contributed by atoms with Crippen molar-refractivity contribution in [3.63, 3.8) is 0 Å². The fourth-order valence-electron chi connectivity index (χ4n) is 1.54. The van der Waals surface area contributed by atoms with Crippen LogP contribution in [-0.2, 0) is 0 Å². The molecule has 0 heterocycles. The molecule has 3 nitrogen and oxygen atoms in total. The molecule has 0 saturated heterocycles. The van der Waals surface area contributed by atoms with Crippen LogP contribution >= 0.6 is 0 Å². The third-order valence-corrected chi connectivity index (χ3v) is 2.29. The lowest BCUT2D eigenvalue weighted by atomic mass is 10.2. The normalized spacial score (nSPS) is 12.2. The first kappa shape index (κ1) is 12.8. The third kappa shape index (κ3) is 4.11. The number of rotatable bonds is 7. The van der Waals surface area contributed by atoms with E-state index in [9.17, 15) is 0 Å². The fourth-order valence-corrected chi connectivity index (χ4v) is 1.54. The summed E-state index contributed by atoms with van der Waals surface area (Å²) in [5.41, 5.74) is 5.65. The van der Waals surface area contributed by atoms with Crippen LogP contribution in [0.1, 0.15) is 26.7 Å². The molecule has 0 aliphatic heterocycles. The van der Waals surface area contributed by atoms with Gasteiger partial charge in [0.25, 0.3) is 0 Å². The number of hydrogen-bond donors (Lipinski definition) is 1. The summed E-state index contributed by atoms with van der Waals surface area (Å²) in [5.74, 6) is 1.67. The molecule has 1 aromatic rings. The van der Waals surface area contributed by atoms with E-state index in [4.69, 9.17) is 15.2 Å². The summed E-state index contributed by atoms with van der Waals surface area (Å²) < 4.78 is 11.2. The fraction of sp³-hybridized carbons (Fsp3) is 0.538. The lowest BCUT2D eigenvalue weighted by molar-refractivity contribution is 0.197. The average molecular weight is 223 g/mol. The second-order valence-corrected chi connectivity index (χ2v) is 3.67. The molecular weight excluding hydrogens is 202 g/mol. The molecule has 1 aromatic carbocycles. The number of benzene rings is 1. The first-order valence-corrected chi connectivity index (χ1v) is 5.89. The molecule has 1 rings (SSSR count). The van der Waals surface area contributed by atoms with Gasteiger partial charge in [0.05, 0.1) is 6.61 Å². The van der Waals surface area contributed by atoms with Gasteiger partial charge in [-0.15, -0.1) is 0 Å². The van der Waals surface area contributed by atoms with Crippen molar-refractivity contribution in [2.75, 3.05) is 13.2 Å². The van der Waals surface area contributed by atoms with Crippen LogP contribution in [0.4, 0.5) is 0 Å². The van der Waals surface area contributed by atoms with E-state index in [1.807, 2.05) is 31.2 Å². The summed E-state index contributed by atoms with van der Waals surface area (Å²) in [5, 5.41) is 0. The summed E-state index contributed by atoms with van der Waals surface area (Å²) in [6.07, 6.45) is 2.16. The highest BCUT2D eigenvalue weighted by molar-refractivity contribution is 5.33. The molecule has 2 N–H and O–H groups in total. The van der Waals surface area contributed by atoms with Gasteiger partial charge in [0, 0.05) is 12.6 Å². The highest BCUT2D eigenvalue weighted by Gasteiger charge is 2.07. The predicted octanol–water partition coefficient (Wildman–Crippen LogP) is 2.59. The first-order chi connectivity index (χ1) is 7.80. The molecule has 0 amide bonds. The van der Waals surface area contributed by atoms with Gasteiger partial charge >= 0.3 is 0 Å². The summed E-state index contributed by atoms with van der Waals surface area (Å²) >= 11 is 0. The van der Waals surface area contributed by atoms with E-state index in [0.717, 1.165) is 24.3 Å². The number of ether oxygens (including phenoxy) is 2. The minimum absolute atomic E-state index is 0.0990. The van der Waals surface area contributed by atoms with Crippen molar-refractivity contribution in [3.05, 3.63) is 24.3 Å². The van der Waals surface area contributed by atoms with Crippen molar-refractivity contribution in [2.24, 2.45) is 5.73 Å². The smallest absolute Gasteiger partial charge is 0.123 e. The quantitative estimate of drug-likeness (QED) is 0.772. The molecular formula is C13H21NO2. The van der Waals surface area contributed by atoms with Gasteiger partial charge in [0.2, 0.25) is 0 Å². The Bertz CT molecular complexity index is 302. The summed E-state index contributed by atoms with van der Waals surface area (Å²) in [4.78, 5) is 0. The van der Waals surface area contributed by atoms with Gasteiger partial charge in [0.1, 0.15) is 17.6 Å². The van der Waals surface area contributed by atoms with Gasteiger partial charge in [-0.05, 0) is 25.5 Å². The zero-order chi connectivity index (χ0) is 11.8. The summed E-state index contributed by atoms with van der Waals surface area (Å²) in [6, 6.07) is 7.69. The van der Waals surface area contributed by atoms with Crippen LogP contribution in [0.25, 0.3) is 0 Å². The van der Waals surface area contributed by atoms with Crippen LogP contribution in [0.15, 0.2) is 24.3 Å². The van der Waals surface area contributed by atoms with Crippen molar-refractivity contribution in [1.29, 1.82) is 0 Å². The Kier molecular flexibility index (Phi) is 5.72. The topological polar surface area (TPSA) is 44.5 Å². The summed E-state index contributed by atoms with van der Waals surface area (Å²) in [6.45, 7) is 5.31. The SMILES string of the molecule is CCCC(CN)Oc1cccc(OCC)c1. The van der Waals surface area contributed by atoms with Gasteiger partial charge in [-0.3, -0.25) is 0 Å². The van der Waals surface area contributed by atoms with Gasteiger partial charge in [0.15, 0.2) is 0 Å². The molecule has 90 valence electrons. The van der Waals surface area contributed by atoms with Crippen LogP contribution in [0.3, 0.4) is 0 Å². The average Bonchev–Trinajstić information content (AvgIpc) is 2.29. The molecule has 1 atom stereocenters. The molecule has 0 bridgehead atoms. The molecule has 0 saturated carbocycles. The minimum atomic E-state index is 0.0990. The maximum atomic E-state index is 5.79. The maximum Gasteiger partial charge on any atom is 0.123 e. The van der Waals surface area contributed by atoms with Crippen LogP contribution in [0.5, 0.6) is 11.5 Å². The predicted molar refractivity (Wildman–Crippen MR) is 66.0 cm³/mol. The Morgan fingerprint density at radius 3 is 2.62 bits per heavy atom. The van der Waals surface area contributed by atoms with Crippen molar-refractivity contribution < 1.29 is 9.47 Å². The zero-order valence-corrected chi connectivity index (χ0v) is 10.1. The van der Waals surface area contributed by atoms with Crippen LogP contribution < -0.4 is 15.2 Å². The lowest BCUT2D eigenvalue weighted by Gasteiger charge is -2.17. The Morgan fingerprint density at radius 2 is 2.00 bits per heavy atom. The number of hydrogen-bond acceptors (Lipinski definition) is 3. The number of nitrogens with two attached hydrogens (primary N) is 1. The van der Waals surface area contributed by atoms with Crippen LogP contribution in [0, 0.1) is 0 Å². The van der Waals surface area contributed by atoms with Gasteiger partial charge in [-0.2, -0.15) is 0 Å². The highest BCUT2D eigenvalue weighted by Crippen LogP contribution is 2.21. The molecule has 0 aliphatic carbocycles. The Morgan fingerprint density at radius 1 is 1.25 bits per heavy atom. The van der Waals surface area contributed by atoms with Crippen molar-refractivity contribution >= 4 is 0 Å². The Balaban J connectivity index is 2.60. The maximum absolute atomic E-state index is 5.79. The first-order valence-electron chi connectivity index (χ1n) is 5.89. The van der Waals surface area contributed by atoms with Crippen molar-refractivity contribution in [2.45, 2.75) is 32.8 Å². The van der Waals surface area contributed by atoms with Crippen LogP contribution in [0.2, 0.25) is 0 Å². The molecule has 3 heteroatoms. The molecule has 0 aliphatic rings. The van der Waals surface area contributed by atoms with Gasteiger partial charge in [-0.25, -0.2) is 0 Å². The Labute approximate surface area is 97.6 Å². The third-order valence-electron chi connectivity index (χ3n) is 2.29. The van der Waals surface area contributed by atoms with E-state index in [1.54, 1.807) is 0 Å². The Hall–Kier alpha value is -1.22. The van der Waals surface area contributed by atoms with Gasteiger partial charge in [-0.1, -0.05) is 19.4 Å². The van der Waals surface area contributed by atoms with Crippen molar-refractivity contribution in [3.8, 4) is 11.5 Å². The molecule has 16 heavy (non-hydrogen) atoms. The molecule has 1 unspecified atom stereocenters. The lowest BCUT2D eigenvalue weighted by Crippen LogP contribution is -2.26. The van der Waals surface area contributed by atoms with E-state index < -0.39 is 0 Å². The molecule has 0 spiro atoms. The van der Waals surface area contributed by atoms with E-state index in [2.05, 4.69) is 6.92 Å². The van der Waals surface area contributed by atoms with E-state index in [-0.39, 0.29) is 6.10 Å². The second kappa shape index (κ2) is 7.12. The standard InChI is InChI=1S/C13H21NO2/c1-3-6-13(10-14)16-12-8-5-7-11(9-12)15-4-2/h5,7-9,13H,3-4,6,10,14H2,1-2H3. The van der Waals surface area contributed by atoms with E-state index in [1.165, 1.54) is 0 Å². The van der Waals surface area contributed by atoms with Gasteiger partial charge < -0.3 is 15.2 Å².